The second-order valence-corrected chi connectivity index (χ2v) is 6.20. The van der Waals surface area contributed by atoms with Crippen molar-refractivity contribution >= 4 is 36.4 Å². The number of carbonyl (C=O) groups is 1. The van der Waals surface area contributed by atoms with Crippen LogP contribution in [0.1, 0.15) is 18.4 Å². The fourth-order valence-electron chi connectivity index (χ4n) is 3.16. The molecule has 0 aliphatic carbocycles. The predicted molar refractivity (Wildman–Crippen MR) is 102 cm³/mol. The van der Waals surface area contributed by atoms with Crippen LogP contribution in [-0.2, 0) is 9.53 Å². The maximum absolute atomic E-state index is 12.4. The molecule has 2 saturated heterocycles. The molecule has 0 bridgehead atoms. The van der Waals surface area contributed by atoms with Crippen molar-refractivity contribution in [2.45, 2.75) is 31.8 Å². The quantitative estimate of drug-likeness (QED) is 0.850. The fraction of sp³-hybridized carbons (Fsp3) is 0.588. The second-order valence-electron chi connectivity index (χ2n) is 6.20. The van der Waals surface area contributed by atoms with Gasteiger partial charge in [0, 0.05) is 31.4 Å². The summed E-state index contributed by atoms with van der Waals surface area (Å²) in [6.07, 6.45) is 1.99. The van der Waals surface area contributed by atoms with E-state index >= 15 is 0 Å². The van der Waals surface area contributed by atoms with Gasteiger partial charge in [0.15, 0.2) is 0 Å². The van der Waals surface area contributed by atoms with Gasteiger partial charge in [0.1, 0.15) is 6.04 Å². The zero-order valence-corrected chi connectivity index (χ0v) is 15.6. The molecule has 1 aromatic rings. The normalized spacial score (nSPS) is 21.4. The molecule has 2 aliphatic heterocycles. The van der Waals surface area contributed by atoms with E-state index in [2.05, 4.69) is 41.8 Å². The number of amides is 1. The van der Waals surface area contributed by atoms with Gasteiger partial charge in [-0.1, -0.05) is 12.1 Å². The number of aryl methyl sites for hydroxylation is 1. The lowest BCUT2D eigenvalue weighted by Crippen LogP contribution is -2.54. The van der Waals surface area contributed by atoms with Crippen LogP contribution >= 0.6 is 24.8 Å². The summed E-state index contributed by atoms with van der Waals surface area (Å²) in [6, 6.07) is 8.74. The Morgan fingerprint density at radius 2 is 2.04 bits per heavy atom. The molecule has 1 unspecified atom stereocenters. The van der Waals surface area contributed by atoms with Gasteiger partial charge in [-0.15, -0.1) is 24.8 Å². The molecule has 2 N–H and O–H groups in total. The lowest BCUT2D eigenvalue weighted by atomic mass is 10.0. The Morgan fingerprint density at radius 3 is 2.67 bits per heavy atom. The number of benzene rings is 1. The minimum atomic E-state index is -0.157. The number of piperidine rings is 1. The largest absolute Gasteiger partial charge is 0.382 e. The van der Waals surface area contributed by atoms with Crippen molar-refractivity contribution < 1.29 is 9.53 Å². The van der Waals surface area contributed by atoms with E-state index in [1.165, 1.54) is 11.3 Å². The summed E-state index contributed by atoms with van der Waals surface area (Å²) >= 11 is 0. The van der Waals surface area contributed by atoms with E-state index in [1.54, 1.807) is 0 Å². The smallest absolute Gasteiger partial charge is 0.242 e. The summed E-state index contributed by atoms with van der Waals surface area (Å²) in [5.41, 5.74) is 2.44. The first kappa shape index (κ1) is 21.0. The van der Waals surface area contributed by atoms with Crippen LogP contribution in [0.25, 0.3) is 0 Å². The minimum Gasteiger partial charge on any atom is -0.382 e. The number of nitrogens with zero attached hydrogens (tertiary/aromatic N) is 1. The summed E-state index contributed by atoms with van der Waals surface area (Å²) in [7, 11) is 0. The number of hydrogen-bond donors (Lipinski definition) is 2. The molecule has 2 heterocycles. The third-order valence-corrected chi connectivity index (χ3v) is 4.42. The van der Waals surface area contributed by atoms with E-state index in [4.69, 9.17) is 4.74 Å². The zero-order valence-electron chi connectivity index (χ0n) is 14.0. The van der Waals surface area contributed by atoms with Crippen LogP contribution in [0.4, 0.5) is 5.69 Å². The summed E-state index contributed by atoms with van der Waals surface area (Å²) in [4.78, 5) is 14.4. The molecule has 2 fully saturated rings. The number of morpholine rings is 1. The molecule has 0 aromatic heterocycles. The van der Waals surface area contributed by atoms with E-state index < -0.39 is 0 Å². The van der Waals surface area contributed by atoms with Crippen molar-refractivity contribution in [3.8, 4) is 0 Å². The monoisotopic (exact) mass is 375 g/mol. The Bertz CT molecular complexity index is 516. The van der Waals surface area contributed by atoms with Crippen molar-refractivity contribution in [3.63, 3.8) is 0 Å². The predicted octanol–water partition coefficient (Wildman–Crippen LogP) is 2.23. The van der Waals surface area contributed by atoms with Gasteiger partial charge in [0.05, 0.1) is 13.2 Å². The van der Waals surface area contributed by atoms with Crippen LogP contribution < -0.4 is 10.6 Å². The van der Waals surface area contributed by atoms with Gasteiger partial charge in [0.25, 0.3) is 0 Å². The molecule has 1 amide bonds. The number of hydrogen-bond acceptors (Lipinski definition) is 4. The molecule has 5 nitrogen and oxygen atoms in total. The van der Waals surface area contributed by atoms with Crippen LogP contribution in [-0.4, -0.2) is 55.7 Å². The second kappa shape index (κ2) is 10.1. The third-order valence-electron chi connectivity index (χ3n) is 4.42. The topological polar surface area (TPSA) is 53.6 Å². The molecule has 0 spiro atoms. The van der Waals surface area contributed by atoms with Gasteiger partial charge in [-0.25, -0.2) is 0 Å². The number of carbonyl (C=O) groups excluding carboxylic acids is 1. The molecular weight excluding hydrogens is 349 g/mol. The van der Waals surface area contributed by atoms with Crippen LogP contribution in [0.2, 0.25) is 0 Å². The van der Waals surface area contributed by atoms with Crippen LogP contribution in [0, 0.1) is 6.92 Å². The average molecular weight is 376 g/mol. The number of nitrogens with one attached hydrogen (secondary N) is 2. The molecule has 136 valence electrons. The molecule has 1 atom stereocenters. The highest BCUT2D eigenvalue weighted by Crippen LogP contribution is 2.18. The fourth-order valence-corrected chi connectivity index (χ4v) is 3.16. The molecule has 1 aromatic carbocycles. The molecule has 0 radical (unpaired) electrons. The Hall–Kier alpha value is -1.01. The van der Waals surface area contributed by atoms with E-state index in [9.17, 15) is 4.79 Å². The molecule has 0 saturated carbocycles. The van der Waals surface area contributed by atoms with Gasteiger partial charge in [0.2, 0.25) is 5.91 Å². The first-order valence-electron chi connectivity index (χ1n) is 8.15. The van der Waals surface area contributed by atoms with E-state index in [0.717, 1.165) is 32.5 Å². The first-order chi connectivity index (χ1) is 10.7. The highest BCUT2D eigenvalue weighted by Gasteiger charge is 2.29. The average Bonchev–Trinajstić information content (AvgIpc) is 2.56. The van der Waals surface area contributed by atoms with E-state index in [1.807, 2.05) is 4.90 Å². The first-order valence-corrected chi connectivity index (χ1v) is 8.15. The number of rotatable bonds is 3. The number of ether oxygens (including phenoxy) is 1. The Balaban J connectivity index is 0.00000144. The molecule has 24 heavy (non-hydrogen) atoms. The maximum atomic E-state index is 12.4. The lowest BCUT2D eigenvalue weighted by Gasteiger charge is -2.36. The summed E-state index contributed by atoms with van der Waals surface area (Å²) in [5.74, 6) is 0.189. The molecule has 2 aliphatic rings. The lowest BCUT2D eigenvalue weighted by molar-refractivity contribution is -0.137. The van der Waals surface area contributed by atoms with Gasteiger partial charge < -0.3 is 20.3 Å². The number of halogens is 2. The summed E-state index contributed by atoms with van der Waals surface area (Å²) < 4.78 is 5.38. The van der Waals surface area contributed by atoms with E-state index in [0.29, 0.717) is 19.3 Å². The molecule has 7 heteroatoms. The number of anilines is 1. The van der Waals surface area contributed by atoms with Gasteiger partial charge in [-0.05, 0) is 37.5 Å². The SMILES string of the molecule is Cc1cccc(NC2CCN(C(=O)C3COCCN3)CC2)c1.Cl.Cl. The van der Waals surface area contributed by atoms with Crippen molar-refractivity contribution in [2.75, 3.05) is 38.2 Å². The highest BCUT2D eigenvalue weighted by molar-refractivity contribution is 5.85. The van der Waals surface area contributed by atoms with E-state index in [-0.39, 0.29) is 36.8 Å². The minimum absolute atomic E-state index is 0. The summed E-state index contributed by atoms with van der Waals surface area (Å²) in [6.45, 7) is 5.71. The highest BCUT2D eigenvalue weighted by atomic mass is 35.5. The maximum Gasteiger partial charge on any atom is 0.242 e. The van der Waals surface area contributed by atoms with Crippen LogP contribution in [0.15, 0.2) is 24.3 Å². The zero-order chi connectivity index (χ0) is 15.4. The third kappa shape index (κ3) is 5.52. The Kier molecular flexibility index (Phi) is 8.84. The van der Waals surface area contributed by atoms with Gasteiger partial charge in [-0.3, -0.25) is 4.79 Å². The van der Waals surface area contributed by atoms with Gasteiger partial charge in [-0.2, -0.15) is 0 Å². The van der Waals surface area contributed by atoms with Crippen LogP contribution in [0.3, 0.4) is 0 Å². The Morgan fingerprint density at radius 1 is 1.29 bits per heavy atom. The van der Waals surface area contributed by atoms with Crippen molar-refractivity contribution in [2.24, 2.45) is 0 Å². The molecule has 3 rings (SSSR count). The van der Waals surface area contributed by atoms with Crippen LogP contribution in [0.5, 0.6) is 0 Å². The van der Waals surface area contributed by atoms with Crippen molar-refractivity contribution in [3.05, 3.63) is 29.8 Å². The standard InChI is InChI=1S/C17H25N3O2.2ClH/c1-13-3-2-4-15(11-13)19-14-5-8-20(9-6-14)17(21)16-12-22-10-7-18-16;;/h2-4,11,14,16,18-19H,5-10,12H2,1H3;2*1H. The Labute approximate surface area is 156 Å². The van der Waals surface area contributed by atoms with Gasteiger partial charge >= 0.3 is 0 Å². The van der Waals surface area contributed by atoms with Crippen molar-refractivity contribution in [1.29, 1.82) is 0 Å². The summed E-state index contributed by atoms with van der Waals surface area (Å²) in [5, 5.41) is 6.82. The van der Waals surface area contributed by atoms with Crippen molar-refractivity contribution in [1.82, 2.24) is 10.2 Å². The molecular formula is C17H27Cl2N3O2. The number of likely N-dealkylation sites (tertiary alicyclic amines) is 1.